The highest BCUT2D eigenvalue weighted by Gasteiger charge is 2.44. The lowest BCUT2D eigenvalue weighted by molar-refractivity contribution is -0.141. The Balaban J connectivity index is 1.30. The van der Waals surface area contributed by atoms with E-state index in [1.54, 1.807) is 23.1 Å². The molecule has 0 aromatic heterocycles. The van der Waals surface area contributed by atoms with E-state index in [1.807, 2.05) is 84.9 Å². The van der Waals surface area contributed by atoms with Crippen LogP contribution in [-0.2, 0) is 54.5 Å². The Morgan fingerprint density at radius 2 is 1.62 bits per heavy atom. The minimum Gasteiger partial charge on any atom is -0.508 e. The fourth-order valence-electron chi connectivity index (χ4n) is 8.22. The lowest BCUT2D eigenvalue weighted by Crippen LogP contribution is -2.58. The number of hydrogen-bond acceptors (Lipinski definition) is 10. The molecule has 64 heavy (non-hydrogen) atoms. The first-order chi connectivity index (χ1) is 31.0. The maximum absolute atomic E-state index is 14.9. The topological polar surface area (TPSA) is 224 Å². The van der Waals surface area contributed by atoms with Crippen LogP contribution in [0.4, 0.5) is 0 Å². The molecule has 2 aliphatic rings. The van der Waals surface area contributed by atoms with Gasteiger partial charge in [0.25, 0.3) is 0 Å². The normalized spacial score (nSPS) is 22.1. The number of ether oxygens (including phenoxy) is 1. The van der Waals surface area contributed by atoms with Crippen LogP contribution < -0.4 is 32.3 Å². The van der Waals surface area contributed by atoms with Gasteiger partial charge in [0.15, 0.2) is 0 Å². The van der Waals surface area contributed by atoms with Gasteiger partial charge in [-0.05, 0) is 71.2 Å². The molecule has 9 N–H and O–H groups in total. The largest absolute Gasteiger partial charge is 0.508 e. The number of aliphatic hydroxyl groups excluding tert-OH is 1. The number of nitrogens with one attached hydrogen (secondary N) is 5. The van der Waals surface area contributed by atoms with Gasteiger partial charge in [-0.3, -0.25) is 29.3 Å². The number of piperidine rings is 1. The molecule has 0 radical (unpaired) electrons. The summed E-state index contributed by atoms with van der Waals surface area (Å²) in [6.07, 6.45) is 2.73. The van der Waals surface area contributed by atoms with Gasteiger partial charge in [0.05, 0.1) is 24.7 Å². The number of carbonyl (C=O) groups is 5. The number of amides is 5. The Bertz CT molecular complexity index is 2240. The molecule has 4 aromatic rings. The Morgan fingerprint density at radius 3 is 2.39 bits per heavy atom. The van der Waals surface area contributed by atoms with Gasteiger partial charge < -0.3 is 46.9 Å². The lowest BCUT2D eigenvalue weighted by atomic mass is 9.74. The van der Waals surface area contributed by atoms with Gasteiger partial charge in [-0.15, -0.1) is 0 Å². The van der Waals surface area contributed by atoms with Gasteiger partial charge in [0.1, 0.15) is 18.0 Å². The second kappa shape index (κ2) is 23.3. The van der Waals surface area contributed by atoms with Crippen molar-refractivity contribution in [2.75, 3.05) is 45.9 Å². The first-order valence-electron chi connectivity index (χ1n) is 21.8. The number of nitrogens with zero attached hydrogens (tertiary/aromatic N) is 1. The van der Waals surface area contributed by atoms with Crippen LogP contribution in [0.2, 0.25) is 0 Å². The summed E-state index contributed by atoms with van der Waals surface area (Å²) in [5.74, 6) is -2.05. The van der Waals surface area contributed by atoms with E-state index in [-0.39, 0.29) is 63.7 Å². The smallest absolute Gasteiger partial charge is 0.246 e. The van der Waals surface area contributed by atoms with Crippen molar-refractivity contribution in [3.63, 3.8) is 0 Å². The van der Waals surface area contributed by atoms with Crippen molar-refractivity contribution in [3.8, 4) is 16.9 Å². The Morgan fingerprint density at radius 1 is 0.859 bits per heavy atom. The molecule has 1 saturated heterocycles. The summed E-state index contributed by atoms with van der Waals surface area (Å²) in [5.41, 5.74) is 9.19. The van der Waals surface area contributed by atoms with Crippen molar-refractivity contribution >= 4 is 29.5 Å². The average Bonchev–Trinajstić information content (AvgIpc) is 3.30. The molecule has 4 aromatic carbocycles. The van der Waals surface area contributed by atoms with Crippen molar-refractivity contribution in [1.29, 1.82) is 0 Å². The fraction of sp³-hybridized carbons (Fsp3) is 0.367. The monoisotopic (exact) mass is 873 g/mol. The lowest BCUT2D eigenvalue weighted by Gasteiger charge is -2.42. The summed E-state index contributed by atoms with van der Waals surface area (Å²) in [6, 6.07) is 29.4. The van der Waals surface area contributed by atoms with Gasteiger partial charge in [-0.2, -0.15) is 0 Å². The molecule has 0 aliphatic carbocycles. The Labute approximate surface area is 373 Å². The SMILES string of the molecule is NCCOCCNC(=O)[C@@H]1CCNC(=O)/C=C/C(=O)N2CCC[C@](Cc3ccccc3)(C2)C(=O)N[C@@H](Cc2ccc(-c3cccc(O)c3)cc2)C(=O)NCc2ccccc2CC(O)N1. The number of phenols is 1. The average molecular weight is 874 g/mol. The fourth-order valence-corrected chi connectivity index (χ4v) is 8.22. The van der Waals surface area contributed by atoms with E-state index in [2.05, 4.69) is 26.6 Å². The standard InChI is InChI=1S/C49H59N7O8/c50-22-26-64-27-24-52-46(61)41-20-23-51-43(58)18-19-45(60)56-25-7-21-49(33-56,31-35-8-2-1-3-9-35)48(63)55-42(28-34-14-16-36(17-15-34)37-12-6-13-40(57)29-37)47(62)53-32-39-11-5-4-10-38(39)30-44(59)54-41/h1-6,8-19,29,41-42,44,54,57,59H,7,20-28,30-33,50H2,(H,51,58)(H,52,61)(H,53,62)(H,55,63)/b19-18+/t41-,42-,44?,49-/m0/s1. The van der Waals surface area contributed by atoms with Crippen LogP contribution in [0.1, 0.15) is 41.5 Å². The van der Waals surface area contributed by atoms with E-state index < -0.39 is 47.4 Å². The van der Waals surface area contributed by atoms with E-state index >= 15 is 0 Å². The molecule has 15 nitrogen and oxygen atoms in total. The molecule has 6 rings (SSSR count). The third-order valence-electron chi connectivity index (χ3n) is 11.6. The van der Waals surface area contributed by atoms with Crippen LogP contribution in [0.25, 0.3) is 11.1 Å². The zero-order valence-electron chi connectivity index (χ0n) is 36.0. The van der Waals surface area contributed by atoms with Crippen LogP contribution >= 0.6 is 0 Å². The molecule has 0 saturated carbocycles. The molecule has 1 unspecified atom stereocenters. The van der Waals surface area contributed by atoms with Crippen molar-refractivity contribution in [1.82, 2.24) is 31.5 Å². The Hall–Kier alpha value is -6.39. The highest BCUT2D eigenvalue weighted by molar-refractivity contribution is 5.97. The van der Waals surface area contributed by atoms with Crippen molar-refractivity contribution in [2.45, 2.75) is 63.4 Å². The molecule has 0 spiro atoms. The number of rotatable bonds is 11. The number of aromatic hydroxyl groups is 1. The summed E-state index contributed by atoms with van der Waals surface area (Å²) in [7, 11) is 0. The first-order valence-corrected chi connectivity index (χ1v) is 21.8. The zero-order chi connectivity index (χ0) is 45.3. The van der Waals surface area contributed by atoms with Gasteiger partial charge in [-0.1, -0.05) is 91.0 Å². The molecular formula is C49H59N7O8. The highest BCUT2D eigenvalue weighted by atomic mass is 16.5. The molecular weight excluding hydrogens is 815 g/mol. The quantitative estimate of drug-likeness (QED) is 0.103. The molecule has 4 atom stereocenters. The third-order valence-corrected chi connectivity index (χ3v) is 11.6. The number of carbonyl (C=O) groups excluding carboxylic acids is 5. The number of hydrogen-bond donors (Lipinski definition) is 8. The van der Waals surface area contributed by atoms with E-state index in [0.29, 0.717) is 39.0 Å². The molecule has 2 heterocycles. The van der Waals surface area contributed by atoms with Gasteiger partial charge >= 0.3 is 0 Å². The highest BCUT2D eigenvalue weighted by Crippen LogP contribution is 2.35. The predicted molar refractivity (Wildman–Crippen MR) is 242 cm³/mol. The van der Waals surface area contributed by atoms with E-state index in [4.69, 9.17) is 10.5 Å². The number of nitrogens with two attached hydrogens (primary N) is 1. The number of benzene rings is 4. The van der Waals surface area contributed by atoms with Crippen LogP contribution in [0.15, 0.2) is 115 Å². The molecule has 2 bridgehead atoms. The summed E-state index contributed by atoms with van der Waals surface area (Å²) in [6.45, 7) is 1.69. The number of aliphatic hydroxyl groups is 1. The van der Waals surface area contributed by atoms with E-state index in [9.17, 15) is 34.2 Å². The van der Waals surface area contributed by atoms with Crippen LogP contribution in [0.3, 0.4) is 0 Å². The summed E-state index contributed by atoms with van der Waals surface area (Å²) < 4.78 is 5.38. The third kappa shape index (κ3) is 13.6. The summed E-state index contributed by atoms with van der Waals surface area (Å²) in [4.78, 5) is 70.9. The van der Waals surface area contributed by atoms with Crippen molar-refractivity contribution < 1.29 is 38.9 Å². The molecule has 1 fully saturated rings. The maximum Gasteiger partial charge on any atom is 0.246 e. The Kier molecular flexibility index (Phi) is 17.2. The van der Waals surface area contributed by atoms with Crippen LogP contribution in [-0.4, -0.2) is 109 Å². The van der Waals surface area contributed by atoms with E-state index in [0.717, 1.165) is 39.5 Å². The van der Waals surface area contributed by atoms with Crippen LogP contribution in [0.5, 0.6) is 5.75 Å². The number of fused-ring (bicyclic) bond motifs is 3. The molecule has 2 aliphatic heterocycles. The second-order valence-electron chi connectivity index (χ2n) is 16.3. The van der Waals surface area contributed by atoms with Gasteiger partial charge in [0.2, 0.25) is 29.5 Å². The number of phenolic OH excluding ortho intramolecular Hbond substituents is 1. The van der Waals surface area contributed by atoms with Gasteiger partial charge in [0, 0.05) is 64.3 Å². The summed E-state index contributed by atoms with van der Waals surface area (Å²) >= 11 is 0. The molecule has 5 amide bonds. The van der Waals surface area contributed by atoms with E-state index in [1.165, 1.54) is 6.08 Å². The summed E-state index contributed by atoms with van der Waals surface area (Å²) in [5, 5.41) is 36.0. The molecule has 15 heteroatoms. The predicted octanol–water partition coefficient (Wildman–Crippen LogP) is 2.24. The first kappa shape index (κ1) is 47.1. The van der Waals surface area contributed by atoms with Crippen LogP contribution in [0, 0.1) is 5.41 Å². The second-order valence-corrected chi connectivity index (χ2v) is 16.3. The molecule has 338 valence electrons. The van der Waals surface area contributed by atoms with Crippen molar-refractivity contribution in [2.24, 2.45) is 11.1 Å². The minimum atomic E-state index is -1.20. The van der Waals surface area contributed by atoms with Gasteiger partial charge in [-0.25, -0.2) is 0 Å². The minimum absolute atomic E-state index is 0.0500. The van der Waals surface area contributed by atoms with Crippen molar-refractivity contribution in [3.05, 3.63) is 138 Å². The zero-order valence-corrected chi connectivity index (χ0v) is 36.0. The maximum atomic E-state index is 14.9.